The maximum absolute atomic E-state index is 12.9. The molecule has 1 amide bonds. The van der Waals surface area contributed by atoms with Crippen LogP contribution in [0.5, 0.6) is 0 Å². The second-order valence-electron chi connectivity index (χ2n) is 8.40. The van der Waals surface area contributed by atoms with Crippen LogP contribution in [0.4, 0.5) is 11.4 Å². The number of likely N-dealkylation sites (N-methyl/N-ethyl adjacent to an activating group) is 1. The van der Waals surface area contributed by atoms with Crippen molar-refractivity contribution in [2.75, 3.05) is 42.9 Å². The molecule has 2 aromatic rings. The predicted octanol–water partition coefficient (Wildman–Crippen LogP) is 4.72. The van der Waals surface area contributed by atoms with Gasteiger partial charge >= 0.3 is 0 Å². The summed E-state index contributed by atoms with van der Waals surface area (Å²) in [7, 11) is 0. The third kappa shape index (κ3) is 4.96. The first-order valence-electron chi connectivity index (χ1n) is 10.8. The van der Waals surface area contributed by atoms with E-state index in [1.54, 1.807) is 0 Å². The summed E-state index contributed by atoms with van der Waals surface area (Å²) in [4.78, 5) is 22.2. The second-order valence-corrected chi connectivity index (χ2v) is 8.40. The smallest absolute Gasteiger partial charge is 0.274 e. The number of nitrogens with zero attached hydrogens (tertiary/aromatic N) is 3. The fraction of sp³-hybridized carbons (Fsp3) is 0.500. The molecule has 2 heterocycles. The van der Waals surface area contributed by atoms with Crippen LogP contribution in [-0.4, -0.2) is 48.5 Å². The molecule has 5 nitrogen and oxygen atoms in total. The molecular weight excluding hydrogens is 360 g/mol. The van der Waals surface area contributed by atoms with Gasteiger partial charge in [0.2, 0.25) is 0 Å². The van der Waals surface area contributed by atoms with Crippen molar-refractivity contribution in [3.63, 3.8) is 0 Å². The average molecular weight is 395 g/mol. The fourth-order valence-electron chi connectivity index (χ4n) is 3.90. The minimum absolute atomic E-state index is 0.151. The van der Waals surface area contributed by atoms with Crippen molar-refractivity contribution in [2.45, 2.75) is 46.5 Å². The maximum atomic E-state index is 12.9. The van der Waals surface area contributed by atoms with E-state index < -0.39 is 0 Å². The second kappa shape index (κ2) is 9.40. The standard InChI is InChI=1S/C24H34N4O/c1-6-27-12-14-28(15-13-27)19-10-11-22(25-16-19)24(29)26-23-20(17(2)3)8-7-9-21(23)18(4)5/h7-11,16-18H,6,12-15H2,1-5H3,(H,26,29). The SMILES string of the molecule is CCN1CCN(c2ccc(C(=O)Nc3c(C(C)C)cccc3C(C)C)nc2)CC1. The van der Waals surface area contributed by atoms with Crippen LogP contribution in [0.3, 0.4) is 0 Å². The van der Waals surface area contributed by atoms with Gasteiger partial charge in [0.1, 0.15) is 5.69 Å². The Hall–Kier alpha value is -2.40. The van der Waals surface area contributed by atoms with E-state index in [1.807, 2.05) is 18.3 Å². The number of hydrogen-bond acceptors (Lipinski definition) is 4. The zero-order valence-corrected chi connectivity index (χ0v) is 18.4. The van der Waals surface area contributed by atoms with Crippen LogP contribution < -0.4 is 10.2 Å². The van der Waals surface area contributed by atoms with Crippen LogP contribution >= 0.6 is 0 Å². The summed E-state index contributed by atoms with van der Waals surface area (Å²) in [6, 6.07) is 10.1. The molecule has 5 heteroatoms. The Labute approximate surface area is 175 Å². The van der Waals surface area contributed by atoms with E-state index in [1.165, 1.54) is 0 Å². The largest absolute Gasteiger partial charge is 0.368 e. The molecule has 1 N–H and O–H groups in total. The van der Waals surface area contributed by atoms with E-state index >= 15 is 0 Å². The molecule has 0 atom stereocenters. The molecule has 156 valence electrons. The van der Waals surface area contributed by atoms with Crippen molar-refractivity contribution < 1.29 is 4.79 Å². The molecule has 0 bridgehead atoms. The van der Waals surface area contributed by atoms with E-state index in [4.69, 9.17) is 0 Å². The highest BCUT2D eigenvalue weighted by Gasteiger charge is 2.19. The molecule has 0 spiro atoms. The number of aromatic nitrogens is 1. The highest BCUT2D eigenvalue weighted by molar-refractivity contribution is 6.04. The molecule has 0 saturated carbocycles. The van der Waals surface area contributed by atoms with E-state index in [9.17, 15) is 4.79 Å². The highest BCUT2D eigenvalue weighted by atomic mass is 16.1. The Bertz CT molecular complexity index is 795. The minimum atomic E-state index is -0.151. The predicted molar refractivity (Wildman–Crippen MR) is 121 cm³/mol. The fourth-order valence-corrected chi connectivity index (χ4v) is 3.90. The van der Waals surface area contributed by atoms with Crippen molar-refractivity contribution in [3.05, 3.63) is 53.3 Å². The van der Waals surface area contributed by atoms with Gasteiger partial charge < -0.3 is 15.1 Å². The van der Waals surface area contributed by atoms with Crippen LogP contribution in [0.15, 0.2) is 36.5 Å². The van der Waals surface area contributed by atoms with Crippen molar-refractivity contribution in [1.29, 1.82) is 0 Å². The van der Waals surface area contributed by atoms with Crippen LogP contribution in [0.1, 0.15) is 68.1 Å². The van der Waals surface area contributed by atoms with Crippen LogP contribution in [-0.2, 0) is 0 Å². The first-order valence-corrected chi connectivity index (χ1v) is 10.8. The van der Waals surface area contributed by atoms with Crippen molar-refractivity contribution in [2.24, 2.45) is 0 Å². The zero-order valence-electron chi connectivity index (χ0n) is 18.4. The summed E-state index contributed by atoms with van der Waals surface area (Å²) in [5.41, 5.74) is 4.80. The third-order valence-corrected chi connectivity index (χ3v) is 5.78. The molecule has 29 heavy (non-hydrogen) atoms. The first kappa shape index (κ1) is 21.3. The van der Waals surface area contributed by atoms with Gasteiger partial charge in [0.05, 0.1) is 11.9 Å². The summed E-state index contributed by atoms with van der Waals surface area (Å²) in [5, 5.41) is 3.15. The van der Waals surface area contributed by atoms with E-state index in [-0.39, 0.29) is 5.91 Å². The maximum Gasteiger partial charge on any atom is 0.274 e. The van der Waals surface area contributed by atoms with Crippen molar-refractivity contribution in [3.8, 4) is 0 Å². The molecule has 1 saturated heterocycles. The van der Waals surface area contributed by atoms with Crippen LogP contribution in [0, 0.1) is 0 Å². The number of piperazine rings is 1. The Morgan fingerprint density at radius 2 is 1.62 bits per heavy atom. The molecule has 1 fully saturated rings. The van der Waals surface area contributed by atoms with Crippen molar-refractivity contribution in [1.82, 2.24) is 9.88 Å². The minimum Gasteiger partial charge on any atom is -0.368 e. The van der Waals surface area contributed by atoms with Crippen molar-refractivity contribution >= 4 is 17.3 Å². The molecule has 1 aliphatic heterocycles. The number of anilines is 2. The lowest BCUT2D eigenvalue weighted by Gasteiger charge is -2.35. The number of pyridine rings is 1. The monoisotopic (exact) mass is 394 g/mol. The molecular formula is C24H34N4O. The van der Waals surface area contributed by atoms with Gasteiger partial charge in [-0.25, -0.2) is 4.98 Å². The lowest BCUT2D eigenvalue weighted by atomic mass is 9.92. The van der Waals surface area contributed by atoms with Gasteiger partial charge in [-0.2, -0.15) is 0 Å². The van der Waals surface area contributed by atoms with E-state index in [2.05, 4.69) is 72.9 Å². The number of benzene rings is 1. The Kier molecular flexibility index (Phi) is 6.91. The van der Waals surface area contributed by atoms with Crippen LogP contribution in [0.25, 0.3) is 0 Å². The number of hydrogen-bond donors (Lipinski definition) is 1. The first-order chi connectivity index (χ1) is 13.9. The van der Waals surface area contributed by atoms with E-state index in [0.717, 1.165) is 55.2 Å². The molecule has 1 aliphatic rings. The Morgan fingerprint density at radius 3 is 2.10 bits per heavy atom. The number of amides is 1. The molecule has 3 rings (SSSR count). The van der Waals surface area contributed by atoms with E-state index in [0.29, 0.717) is 17.5 Å². The molecule has 0 aliphatic carbocycles. The normalized spacial score (nSPS) is 15.2. The summed E-state index contributed by atoms with van der Waals surface area (Å²) in [6.07, 6.45) is 1.83. The quantitative estimate of drug-likeness (QED) is 0.770. The number of nitrogens with one attached hydrogen (secondary N) is 1. The summed E-state index contributed by atoms with van der Waals surface area (Å²) >= 11 is 0. The van der Waals surface area contributed by atoms with Crippen LogP contribution in [0.2, 0.25) is 0 Å². The third-order valence-electron chi connectivity index (χ3n) is 5.78. The van der Waals surface area contributed by atoms with Gasteiger partial charge in [-0.05, 0) is 41.6 Å². The average Bonchev–Trinajstić information content (AvgIpc) is 2.73. The van der Waals surface area contributed by atoms with Gasteiger partial charge in [-0.3, -0.25) is 4.79 Å². The summed E-state index contributed by atoms with van der Waals surface area (Å²) in [5.74, 6) is 0.518. The van der Waals surface area contributed by atoms with Gasteiger partial charge in [0.15, 0.2) is 0 Å². The van der Waals surface area contributed by atoms with Gasteiger partial charge in [-0.15, -0.1) is 0 Å². The summed E-state index contributed by atoms with van der Waals surface area (Å²) < 4.78 is 0. The lowest BCUT2D eigenvalue weighted by Crippen LogP contribution is -2.46. The van der Waals surface area contributed by atoms with Gasteiger partial charge in [0.25, 0.3) is 5.91 Å². The number of rotatable bonds is 6. The number of para-hydroxylation sites is 1. The molecule has 1 aromatic carbocycles. The lowest BCUT2D eigenvalue weighted by molar-refractivity contribution is 0.102. The molecule has 1 aromatic heterocycles. The van der Waals surface area contributed by atoms with Gasteiger partial charge in [0, 0.05) is 31.9 Å². The summed E-state index contributed by atoms with van der Waals surface area (Å²) in [6.45, 7) is 16.1. The molecule has 0 radical (unpaired) electrons. The zero-order chi connectivity index (χ0) is 21.0. The number of carbonyl (C=O) groups excluding carboxylic acids is 1. The number of carbonyl (C=O) groups is 1. The Morgan fingerprint density at radius 1 is 1.00 bits per heavy atom. The molecule has 0 unspecified atom stereocenters. The topological polar surface area (TPSA) is 48.5 Å². The highest BCUT2D eigenvalue weighted by Crippen LogP contribution is 2.32. The van der Waals surface area contributed by atoms with Gasteiger partial charge in [-0.1, -0.05) is 52.8 Å². The Balaban J connectivity index is 1.75.